The van der Waals surface area contributed by atoms with Crippen LogP contribution in [-0.2, 0) is 0 Å². The first-order valence-corrected chi connectivity index (χ1v) is 8.30. The third kappa shape index (κ3) is 2.83. The Balaban J connectivity index is 1.90. The Bertz CT molecular complexity index is 719. The minimum atomic E-state index is 0.304. The van der Waals surface area contributed by atoms with Crippen LogP contribution in [0, 0.1) is 11.3 Å². The van der Waals surface area contributed by atoms with Gasteiger partial charge in [0.15, 0.2) is 5.58 Å². The number of likely N-dealkylation sites (N-methyl/N-ethyl adjacent to an activating group) is 1. The summed E-state index contributed by atoms with van der Waals surface area (Å²) >= 11 is 3.60. The molecule has 0 unspecified atom stereocenters. The summed E-state index contributed by atoms with van der Waals surface area (Å²) in [6.45, 7) is 0. The van der Waals surface area contributed by atoms with E-state index >= 15 is 0 Å². The third-order valence-electron chi connectivity index (χ3n) is 4.34. The Morgan fingerprint density at radius 2 is 2.18 bits per heavy atom. The molecule has 2 atom stereocenters. The van der Waals surface area contributed by atoms with Gasteiger partial charge in [0, 0.05) is 23.5 Å². The topological polar surface area (TPSA) is 65.1 Å². The highest BCUT2D eigenvalue weighted by molar-refractivity contribution is 9.10. The summed E-state index contributed by atoms with van der Waals surface area (Å²) in [6.07, 6.45) is 6.55. The molecule has 0 aliphatic heterocycles. The summed E-state index contributed by atoms with van der Waals surface area (Å²) in [5, 5.41) is 13.4. The van der Waals surface area contributed by atoms with Crippen LogP contribution in [0.25, 0.3) is 11.0 Å². The number of pyridine rings is 1. The van der Waals surface area contributed by atoms with Gasteiger partial charge in [0.05, 0.1) is 10.7 Å². The summed E-state index contributed by atoms with van der Waals surface area (Å²) in [6, 6.07) is 4.66. The van der Waals surface area contributed by atoms with E-state index in [9.17, 15) is 0 Å². The van der Waals surface area contributed by atoms with E-state index in [0.29, 0.717) is 23.4 Å². The summed E-state index contributed by atoms with van der Waals surface area (Å²) < 4.78 is 6.27. The van der Waals surface area contributed by atoms with Crippen LogP contribution in [0.15, 0.2) is 21.2 Å². The summed E-state index contributed by atoms with van der Waals surface area (Å²) in [7, 11) is 4.26. The predicted octanol–water partition coefficient (Wildman–Crippen LogP) is 3.75. The van der Waals surface area contributed by atoms with Gasteiger partial charge in [-0.2, -0.15) is 5.26 Å². The molecule has 6 heteroatoms. The van der Waals surface area contributed by atoms with Gasteiger partial charge in [0.1, 0.15) is 11.9 Å². The summed E-state index contributed by atoms with van der Waals surface area (Å²) in [4.78, 5) is 6.75. The predicted molar refractivity (Wildman–Crippen MR) is 89.8 cm³/mol. The fraction of sp³-hybridized carbons (Fsp3) is 0.500. The van der Waals surface area contributed by atoms with Gasteiger partial charge in [-0.25, -0.2) is 4.98 Å². The van der Waals surface area contributed by atoms with Crippen LogP contribution in [0.2, 0.25) is 0 Å². The molecule has 2 aromatic heterocycles. The number of nitriles is 1. The monoisotopic (exact) mass is 362 g/mol. The Kier molecular flexibility index (Phi) is 4.37. The Morgan fingerprint density at radius 1 is 1.41 bits per heavy atom. The van der Waals surface area contributed by atoms with Crippen LogP contribution in [-0.4, -0.2) is 36.1 Å². The van der Waals surface area contributed by atoms with Crippen molar-refractivity contribution in [1.82, 2.24) is 9.88 Å². The molecule has 0 amide bonds. The molecule has 0 saturated heterocycles. The van der Waals surface area contributed by atoms with Crippen molar-refractivity contribution in [3.8, 4) is 6.07 Å². The van der Waals surface area contributed by atoms with Crippen molar-refractivity contribution >= 4 is 32.7 Å². The Hall–Kier alpha value is -1.58. The number of nitrogens with zero attached hydrogens (tertiary/aromatic N) is 3. The number of hydrogen-bond acceptors (Lipinski definition) is 5. The van der Waals surface area contributed by atoms with E-state index in [4.69, 9.17) is 9.68 Å². The maximum atomic E-state index is 8.96. The molecule has 1 fully saturated rings. The normalized spacial score (nSPS) is 22.0. The van der Waals surface area contributed by atoms with Gasteiger partial charge in [0.25, 0.3) is 0 Å². The van der Waals surface area contributed by atoms with Crippen molar-refractivity contribution < 1.29 is 4.42 Å². The lowest BCUT2D eigenvalue weighted by molar-refractivity contribution is 0.211. The van der Waals surface area contributed by atoms with Crippen molar-refractivity contribution in [1.29, 1.82) is 5.26 Å². The molecule has 1 aliphatic carbocycles. The van der Waals surface area contributed by atoms with E-state index in [1.165, 1.54) is 19.3 Å². The number of nitrogens with one attached hydrogen (secondary N) is 1. The SMILES string of the molecule is CN(C)[C@H]1CCCC[C@H]1Nc1ncc2oc(C#N)cc2c1Br. The second-order valence-corrected chi connectivity index (χ2v) is 6.78. The molecule has 0 aromatic carbocycles. The number of hydrogen-bond donors (Lipinski definition) is 1. The number of fused-ring (bicyclic) bond motifs is 1. The second kappa shape index (κ2) is 6.27. The highest BCUT2D eigenvalue weighted by Gasteiger charge is 2.27. The van der Waals surface area contributed by atoms with Gasteiger partial charge in [-0.1, -0.05) is 12.8 Å². The molecule has 1 aliphatic rings. The van der Waals surface area contributed by atoms with Crippen molar-refractivity contribution in [3.05, 3.63) is 22.5 Å². The fourth-order valence-electron chi connectivity index (χ4n) is 3.21. The first-order chi connectivity index (χ1) is 10.6. The molecule has 1 N–H and O–H groups in total. The van der Waals surface area contributed by atoms with Crippen LogP contribution < -0.4 is 5.32 Å². The minimum absolute atomic E-state index is 0.304. The molecule has 22 heavy (non-hydrogen) atoms. The Morgan fingerprint density at radius 3 is 2.91 bits per heavy atom. The zero-order chi connectivity index (χ0) is 15.7. The van der Waals surface area contributed by atoms with Gasteiger partial charge >= 0.3 is 0 Å². The lowest BCUT2D eigenvalue weighted by Gasteiger charge is -2.37. The highest BCUT2D eigenvalue weighted by atomic mass is 79.9. The van der Waals surface area contributed by atoms with Crippen LogP contribution in [0.1, 0.15) is 31.4 Å². The van der Waals surface area contributed by atoms with Crippen LogP contribution in [0.5, 0.6) is 0 Å². The maximum Gasteiger partial charge on any atom is 0.204 e. The molecule has 1 saturated carbocycles. The smallest absolute Gasteiger partial charge is 0.204 e. The molecular weight excluding hydrogens is 344 g/mol. The molecule has 3 rings (SSSR count). The number of furan rings is 1. The standard InChI is InChI=1S/C16H19BrN4O/c1-21(2)13-6-4-3-5-12(13)20-16-15(17)11-7-10(8-18)22-14(11)9-19-16/h7,9,12-13H,3-6H2,1-2H3,(H,19,20)/t12-,13+/m1/s1. The number of anilines is 1. The molecule has 2 heterocycles. The van der Waals surface area contributed by atoms with Crippen LogP contribution in [0.3, 0.4) is 0 Å². The van der Waals surface area contributed by atoms with Gasteiger partial charge < -0.3 is 14.6 Å². The molecular formula is C16H19BrN4O. The lowest BCUT2D eigenvalue weighted by Crippen LogP contribution is -2.45. The quantitative estimate of drug-likeness (QED) is 0.900. The average molecular weight is 363 g/mol. The molecule has 2 aromatic rings. The second-order valence-electron chi connectivity index (χ2n) is 5.99. The van der Waals surface area contributed by atoms with Crippen molar-refractivity contribution in [3.63, 3.8) is 0 Å². The first kappa shape index (κ1) is 15.3. The van der Waals surface area contributed by atoms with Gasteiger partial charge in [-0.05, 0) is 42.9 Å². The average Bonchev–Trinajstić information content (AvgIpc) is 2.94. The van der Waals surface area contributed by atoms with Gasteiger partial charge in [-0.15, -0.1) is 0 Å². The van der Waals surface area contributed by atoms with E-state index < -0.39 is 0 Å². The van der Waals surface area contributed by atoms with E-state index in [0.717, 1.165) is 22.1 Å². The van der Waals surface area contributed by atoms with Crippen molar-refractivity contribution in [2.24, 2.45) is 0 Å². The zero-order valence-corrected chi connectivity index (χ0v) is 14.4. The first-order valence-electron chi connectivity index (χ1n) is 7.51. The van der Waals surface area contributed by atoms with Crippen LogP contribution in [0.4, 0.5) is 5.82 Å². The lowest BCUT2D eigenvalue weighted by atomic mass is 9.89. The third-order valence-corrected chi connectivity index (χ3v) is 5.14. The van der Waals surface area contributed by atoms with E-state index in [1.54, 1.807) is 12.3 Å². The largest absolute Gasteiger partial charge is 0.444 e. The Labute approximate surface area is 138 Å². The molecule has 0 radical (unpaired) electrons. The van der Waals surface area contributed by atoms with Crippen LogP contribution >= 0.6 is 15.9 Å². The number of aromatic nitrogens is 1. The molecule has 0 spiro atoms. The van der Waals surface area contributed by atoms with Crippen molar-refractivity contribution in [2.75, 3.05) is 19.4 Å². The maximum absolute atomic E-state index is 8.96. The minimum Gasteiger partial charge on any atom is -0.444 e. The summed E-state index contributed by atoms with van der Waals surface area (Å²) in [5.41, 5.74) is 0.627. The zero-order valence-electron chi connectivity index (χ0n) is 12.8. The van der Waals surface area contributed by atoms with E-state index in [-0.39, 0.29) is 0 Å². The number of halogens is 1. The van der Waals surface area contributed by atoms with E-state index in [2.05, 4.69) is 45.2 Å². The molecule has 0 bridgehead atoms. The fourth-order valence-corrected chi connectivity index (χ4v) is 3.74. The van der Waals surface area contributed by atoms with Gasteiger partial charge in [-0.3, -0.25) is 0 Å². The van der Waals surface area contributed by atoms with Crippen molar-refractivity contribution in [2.45, 2.75) is 37.8 Å². The van der Waals surface area contributed by atoms with Gasteiger partial charge in [0.2, 0.25) is 5.76 Å². The summed E-state index contributed by atoms with van der Waals surface area (Å²) in [5.74, 6) is 1.12. The number of rotatable bonds is 3. The molecule has 116 valence electrons. The van der Waals surface area contributed by atoms with E-state index in [1.807, 2.05) is 6.07 Å². The highest BCUT2D eigenvalue weighted by Crippen LogP contribution is 2.33. The molecule has 5 nitrogen and oxygen atoms in total.